The number of Topliss-reactive ketones (excluding diaryl/α,β-unsaturated/α-hetero) is 1. The van der Waals surface area contributed by atoms with Crippen LogP contribution in [0.3, 0.4) is 0 Å². The van der Waals surface area contributed by atoms with Gasteiger partial charge in [-0.3, -0.25) is 14.5 Å². The number of aromatic nitrogens is 2. The summed E-state index contributed by atoms with van der Waals surface area (Å²) in [5, 5.41) is 9.43. The average molecular weight is 423 g/mol. The van der Waals surface area contributed by atoms with Crippen LogP contribution in [0.2, 0.25) is 0 Å². The van der Waals surface area contributed by atoms with Crippen LogP contribution >= 0.6 is 11.3 Å². The minimum atomic E-state index is -0.574. The molecule has 2 aromatic heterocycles. The monoisotopic (exact) mass is 422 g/mol. The predicted molar refractivity (Wildman–Crippen MR) is 118 cm³/mol. The van der Waals surface area contributed by atoms with E-state index in [4.69, 9.17) is 0 Å². The van der Waals surface area contributed by atoms with Crippen molar-refractivity contribution in [2.24, 2.45) is 0 Å². The van der Waals surface area contributed by atoms with Gasteiger partial charge in [0.1, 0.15) is 0 Å². The van der Waals surface area contributed by atoms with Gasteiger partial charge in [0.2, 0.25) is 0 Å². The Bertz CT molecular complexity index is 1020. The van der Waals surface area contributed by atoms with Gasteiger partial charge in [0.25, 0.3) is 11.7 Å². The number of para-hydroxylation sites is 1. The van der Waals surface area contributed by atoms with Crippen LogP contribution in [0.4, 0.5) is 0 Å². The van der Waals surface area contributed by atoms with Gasteiger partial charge in [0.05, 0.1) is 28.7 Å². The van der Waals surface area contributed by atoms with Crippen molar-refractivity contribution in [3.05, 3.63) is 69.7 Å². The molecule has 30 heavy (non-hydrogen) atoms. The lowest BCUT2D eigenvalue weighted by molar-refractivity contribution is -0.117. The van der Waals surface area contributed by atoms with E-state index in [9.17, 15) is 9.59 Å². The Morgan fingerprint density at radius 1 is 1.10 bits per heavy atom. The molecule has 0 bridgehead atoms. The number of nitrogens with one attached hydrogen (secondary N) is 1. The van der Waals surface area contributed by atoms with Crippen molar-refractivity contribution in [2.75, 3.05) is 19.6 Å². The lowest BCUT2D eigenvalue weighted by Gasteiger charge is -2.26. The fourth-order valence-electron chi connectivity index (χ4n) is 4.12. The molecule has 1 N–H and O–H groups in total. The largest absolute Gasteiger partial charge is 0.347 e. The topological polar surface area (TPSA) is 67.2 Å². The van der Waals surface area contributed by atoms with Crippen molar-refractivity contribution in [3.63, 3.8) is 0 Å². The number of ketones is 1. The van der Waals surface area contributed by atoms with Crippen molar-refractivity contribution in [1.29, 1.82) is 0 Å². The first kappa shape index (κ1) is 20.5. The predicted octanol–water partition coefficient (Wildman–Crippen LogP) is 3.69. The van der Waals surface area contributed by atoms with Crippen LogP contribution in [0.1, 0.15) is 45.5 Å². The lowest BCUT2D eigenvalue weighted by atomic mass is 10.1. The van der Waals surface area contributed by atoms with Crippen molar-refractivity contribution in [1.82, 2.24) is 20.0 Å². The maximum Gasteiger partial charge on any atom is 0.292 e. The summed E-state index contributed by atoms with van der Waals surface area (Å²) in [7, 11) is 0. The second kappa shape index (κ2) is 8.93. The fourth-order valence-corrected chi connectivity index (χ4v) is 4.98. The van der Waals surface area contributed by atoms with Gasteiger partial charge in [0.15, 0.2) is 0 Å². The van der Waals surface area contributed by atoms with Crippen LogP contribution in [-0.4, -0.2) is 46.0 Å². The van der Waals surface area contributed by atoms with Gasteiger partial charge in [-0.2, -0.15) is 5.10 Å². The Balaban J connectivity index is 1.50. The summed E-state index contributed by atoms with van der Waals surface area (Å²) < 4.78 is 1.72. The summed E-state index contributed by atoms with van der Waals surface area (Å²) >= 11 is 1.69. The van der Waals surface area contributed by atoms with Crippen molar-refractivity contribution in [3.8, 4) is 5.69 Å². The number of hydrogen-bond donors (Lipinski definition) is 1. The maximum atomic E-state index is 13.0. The Labute approximate surface area is 180 Å². The molecule has 1 aliphatic rings. The SMILES string of the molecule is Cc1nn(-c2ccccc2)c(C)c1C(=O)C(=O)NCC(c1cccs1)N1CCCC1. The zero-order valence-corrected chi connectivity index (χ0v) is 18.1. The molecule has 1 unspecified atom stereocenters. The van der Waals surface area contributed by atoms with E-state index in [0.717, 1.165) is 18.8 Å². The molecule has 0 spiro atoms. The van der Waals surface area contributed by atoms with Crippen LogP contribution in [0.15, 0.2) is 47.8 Å². The van der Waals surface area contributed by atoms with Gasteiger partial charge < -0.3 is 5.32 Å². The summed E-state index contributed by atoms with van der Waals surface area (Å²) in [5.74, 6) is -1.10. The molecule has 6 nitrogen and oxygen atoms in total. The van der Waals surface area contributed by atoms with Gasteiger partial charge in [0, 0.05) is 11.4 Å². The van der Waals surface area contributed by atoms with E-state index in [-0.39, 0.29) is 6.04 Å². The molecule has 1 amide bonds. The van der Waals surface area contributed by atoms with Crippen LogP contribution in [-0.2, 0) is 4.79 Å². The molecule has 4 rings (SSSR count). The molecular formula is C23H26N4O2S. The Morgan fingerprint density at radius 2 is 1.83 bits per heavy atom. The molecule has 1 atom stereocenters. The number of aryl methyl sites for hydroxylation is 1. The zero-order chi connectivity index (χ0) is 21.1. The summed E-state index contributed by atoms with van der Waals surface area (Å²) in [5.41, 5.74) is 2.48. The van der Waals surface area contributed by atoms with Crippen LogP contribution < -0.4 is 5.32 Å². The summed E-state index contributed by atoms with van der Waals surface area (Å²) in [6, 6.07) is 13.9. The number of carbonyl (C=O) groups excluding carboxylic acids is 2. The first-order chi connectivity index (χ1) is 14.6. The molecule has 0 saturated carbocycles. The third-order valence-corrected chi connectivity index (χ3v) is 6.61. The van der Waals surface area contributed by atoms with E-state index in [1.54, 1.807) is 22.9 Å². The van der Waals surface area contributed by atoms with Gasteiger partial charge in [-0.25, -0.2) is 4.68 Å². The highest BCUT2D eigenvalue weighted by molar-refractivity contribution is 7.10. The number of amides is 1. The second-order valence-electron chi connectivity index (χ2n) is 7.61. The number of nitrogens with zero attached hydrogens (tertiary/aromatic N) is 3. The Hall–Kier alpha value is -2.77. The molecule has 3 heterocycles. The minimum absolute atomic E-state index is 0.110. The van der Waals surface area contributed by atoms with E-state index in [0.29, 0.717) is 23.5 Å². The van der Waals surface area contributed by atoms with Crippen molar-refractivity contribution < 1.29 is 9.59 Å². The molecule has 1 aliphatic heterocycles. The quantitative estimate of drug-likeness (QED) is 0.466. The number of rotatable bonds is 7. The Kier molecular flexibility index (Phi) is 6.11. The number of carbonyl (C=O) groups is 2. The molecule has 156 valence electrons. The van der Waals surface area contributed by atoms with Crippen LogP contribution in [0.25, 0.3) is 5.69 Å². The van der Waals surface area contributed by atoms with Crippen LogP contribution in [0.5, 0.6) is 0 Å². The molecule has 3 aromatic rings. The normalized spacial score (nSPS) is 15.3. The van der Waals surface area contributed by atoms with Gasteiger partial charge in [-0.1, -0.05) is 24.3 Å². The summed E-state index contributed by atoms with van der Waals surface area (Å²) in [4.78, 5) is 29.4. The molecule has 1 saturated heterocycles. The summed E-state index contributed by atoms with van der Waals surface area (Å²) in [6.45, 7) is 6.07. The highest BCUT2D eigenvalue weighted by Gasteiger charge is 2.28. The van der Waals surface area contributed by atoms with Crippen molar-refractivity contribution in [2.45, 2.75) is 32.7 Å². The van der Waals surface area contributed by atoms with E-state index in [1.165, 1.54) is 17.7 Å². The van der Waals surface area contributed by atoms with Crippen LogP contribution in [0, 0.1) is 13.8 Å². The number of thiophene rings is 1. The second-order valence-corrected chi connectivity index (χ2v) is 8.59. The van der Waals surface area contributed by atoms with E-state index >= 15 is 0 Å². The first-order valence-electron chi connectivity index (χ1n) is 10.3. The standard InChI is InChI=1S/C23H26N4O2S/c1-16-21(17(2)27(25-16)18-9-4-3-5-10-18)22(28)23(29)24-15-19(20-11-8-14-30-20)26-12-6-7-13-26/h3-5,8-11,14,19H,6-7,12-13,15H2,1-2H3,(H,24,29). The molecule has 1 fully saturated rings. The highest BCUT2D eigenvalue weighted by Crippen LogP contribution is 2.28. The smallest absolute Gasteiger partial charge is 0.292 e. The first-order valence-corrected chi connectivity index (χ1v) is 11.2. The van der Waals surface area contributed by atoms with Gasteiger partial charge >= 0.3 is 0 Å². The van der Waals surface area contributed by atoms with E-state index < -0.39 is 11.7 Å². The van der Waals surface area contributed by atoms with Gasteiger partial charge in [-0.15, -0.1) is 11.3 Å². The zero-order valence-electron chi connectivity index (χ0n) is 17.3. The third-order valence-electron chi connectivity index (χ3n) is 5.63. The van der Waals surface area contributed by atoms with E-state index in [1.807, 2.05) is 43.3 Å². The average Bonchev–Trinajstić information content (AvgIpc) is 3.51. The van der Waals surface area contributed by atoms with Gasteiger partial charge in [-0.05, 0) is 63.4 Å². The summed E-state index contributed by atoms with van der Waals surface area (Å²) in [6.07, 6.45) is 2.34. The number of hydrogen-bond acceptors (Lipinski definition) is 5. The molecular weight excluding hydrogens is 396 g/mol. The minimum Gasteiger partial charge on any atom is -0.347 e. The lowest BCUT2D eigenvalue weighted by Crippen LogP contribution is -2.39. The fraction of sp³-hybridized carbons (Fsp3) is 0.348. The number of likely N-dealkylation sites (tertiary alicyclic amines) is 1. The molecule has 0 aliphatic carbocycles. The molecule has 7 heteroatoms. The third kappa shape index (κ3) is 4.08. The Morgan fingerprint density at radius 3 is 2.50 bits per heavy atom. The van der Waals surface area contributed by atoms with E-state index in [2.05, 4.69) is 26.8 Å². The van der Waals surface area contributed by atoms with Crippen molar-refractivity contribution >= 4 is 23.0 Å². The maximum absolute atomic E-state index is 13.0. The molecule has 1 aromatic carbocycles. The highest BCUT2D eigenvalue weighted by atomic mass is 32.1. The molecule has 0 radical (unpaired) electrons. The number of benzene rings is 1.